The number of hydrazine groups is 1. The van der Waals surface area contributed by atoms with Gasteiger partial charge in [0, 0.05) is 37.8 Å². The van der Waals surface area contributed by atoms with Crippen molar-refractivity contribution in [2.75, 3.05) is 33.7 Å². The van der Waals surface area contributed by atoms with Crippen molar-refractivity contribution in [2.24, 2.45) is 5.84 Å². The van der Waals surface area contributed by atoms with Gasteiger partial charge in [-0.05, 0) is 38.2 Å². The molecular weight excluding hydrogens is 262 g/mol. The smallest absolute Gasteiger partial charge is 0.126 e. The quantitative estimate of drug-likeness (QED) is 0.627. The van der Waals surface area contributed by atoms with Crippen molar-refractivity contribution >= 4 is 0 Å². The number of hydrogen-bond acceptors (Lipinski definition) is 4. The van der Waals surface area contributed by atoms with E-state index in [1.807, 2.05) is 7.05 Å². The molecule has 1 aromatic rings. The van der Waals surface area contributed by atoms with Gasteiger partial charge in [0.15, 0.2) is 0 Å². The maximum atomic E-state index is 13.3. The molecule has 1 aliphatic rings. The van der Waals surface area contributed by atoms with E-state index in [-0.39, 0.29) is 12.1 Å². The number of nitrogens with zero attached hydrogens (tertiary/aromatic N) is 2. The number of rotatable bonds is 4. The lowest BCUT2D eigenvalue weighted by molar-refractivity contribution is 0.0876. The fourth-order valence-corrected chi connectivity index (χ4v) is 2.77. The number of halogens is 2. The molecule has 0 amide bonds. The van der Waals surface area contributed by atoms with Gasteiger partial charge in [0.25, 0.3) is 0 Å². The predicted molar refractivity (Wildman–Crippen MR) is 75.1 cm³/mol. The number of hydrogen-bond donors (Lipinski definition) is 2. The molecule has 1 fully saturated rings. The van der Waals surface area contributed by atoms with Crippen LogP contribution in [0.15, 0.2) is 18.2 Å². The Labute approximate surface area is 118 Å². The van der Waals surface area contributed by atoms with E-state index in [1.165, 1.54) is 12.1 Å². The van der Waals surface area contributed by atoms with Crippen LogP contribution >= 0.6 is 0 Å². The standard InChI is InChI=1S/C14H22F2N4/c1-19-3-4-20(2)14(9-19)13(18-17)7-10-5-11(15)8-12(16)6-10/h5-6,8,13-14,18H,3-4,7,9,17H2,1-2H3. The van der Waals surface area contributed by atoms with Crippen LogP contribution in [0.1, 0.15) is 5.56 Å². The van der Waals surface area contributed by atoms with Crippen LogP contribution in [-0.4, -0.2) is 55.6 Å². The summed E-state index contributed by atoms with van der Waals surface area (Å²) in [5.74, 6) is 4.55. The zero-order chi connectivity index (χ0) is 14.7. The summed E-state index contributed by atoms with van der Waals surface area (Å²) in [6.07, 6.45) is 0.494. The molecule has 1 saturated heterocycles. The molecule has 2 atom stereocenters. The normalized spacial score (nSPS) is 22.9. The summed E-state index contributed by atoms with van der Waals surface area (Å²) in [5.41, 5.74) is 3.41. The van der Waals surface area contributed by atoms with Crippen LogP contribution in [0.25, 0.3) is 0 Å². The second-order valence-electron chi connectivity index (χ2n) is 5.57. The number of nitrogens with one attached hydrogen (secondary N) is 1. The molecule has 2 rings (SSSR count). The Bertz CT molecular complexity index is 435. The molecule has 3 N–H and O–H groups in total. The molecule has 0 aromatic heterocycles. The van der Waals surface area contributed by atoms with Gasteiger partial charge in [-0.3, -0.25) is 16.2 Å². The lowest BCUT2D eigenvalue weighted by atomic mass is 9.97. The molecule has 2 unspecified atom stereocenters. The average molecular weight is 284 g/mol. The van der Waals surface area contributed by atoms with Crippen LogP contribution in [-0.2, 0) is 6.42 Å². The minimum atomic E-state index is -0.551. The van der Waals surface area contributed by atoms with E-state index in [1.54, 1.807) is 0 Å². The van der Waals surface area contributed by atoms with E-state index in [0.29, 0.717) is 12.0 Å². The third kappa shape index (κ3) is 3.73. The summed E-state index contributed by atoms with van der Waals surface area (Å²) in [6, 6.07) is 3.77. The summed E-state index contributed by atoms with van der Waals surface area (Å²) in [4.78, 5) is 4.47. The van der Waals surface area contributed by atoms with Crippen LogP contribution in [0.3, 0.4) is 0 Å². The van der Waals surface area contributed by atoms with Crippen LogP contribution in [0, 0.1) is 11.6 Å². The van der Waals surface area contributed by atoms with Crippen molar-refractivity contribution in [1.82, 2.24) is 15.2 Å². The van der Waals surface area contributed by atoms with E-state index in [0.717, 1.165) is 25.7 Å². The fourth-order valence-electron chi connectivity index (χ4n) is 2.77. The molecule has 1 aromatic carbocycles. The number of nitrogens with two attached hydrogens (primary N) is 1. The number of likely N-dealkylation sites (N-methyl/N-ethyl adjacent to an activating group) is 2. The number of benzene rings is 1. The Kier molecular flexibility index (Phi) is 5.04. The lowest BCUT2D eigenvalue weighted by Gasteiger charge is -2.41. The van der Waals surface area contributed by atoms with Crippen molar-refractivity contribution in [3.05, 3.63) is 35.4 Å². The molecule has 20 heavy (non-hydrogen) atoms. The highest BCUT2D eigenvalue weighted by molar-refractivity contribution is 5.19. The molecule has 1 aliphatic heterocycles. The van der Waals surface area contributed by atoms with E-state index < -0.39 is 11.6 Å². The zero-order valence-corrected chi connectivity index (χ0v) is 11.9. The van der Waals surface area contributed by atoms with Gasteiger partial charge >= 0.3 is 0 Å². The molecule has 0 bridgehead atoms. The summed E-state index contributed by atoms with van der Waals surface area (Å²) in [6.45, 7) is 2.85. The third-order valence-corrected chi connectivity index (χ3v) is 3.96. The van der Waals surface area contributed by atoms with Crippen LogP contribution in [0.2, 0.25) is 0 Å². The van der Waals surface area contributed by atoms with Gasteiger partial charge in [-0.2, -0.15) is 0 Å². The topological polar surface area (TPSA) is 44.5 Å². The molecular formula is C14H22F2N4. The van der Waals surface area contributed by atoms with Crippen LogP contribution in [0.4, 0.5) is 8.78 Å². The van der Waals surface area contributed by atoms with Gasteiger partial charge in [-0.25, -0.2) is 8.78 Å². The van der Waals surface area contributed by atoms with Gasteiger partial charge in [0.05, 0.1) is 0 Å². The van der Waals surface area contributed by atoms with Crippen molar-refractivity contribution in [1.29, 1.82) is 0 Å². The summed E-state index contributed by atoms with van der Waals surface area (Å²) >= 11 is 0. The van der Waals surface area contributed by atoms with Gasteiger partial charge < -0.3 is 4.90 Å². The summed E-state index contributed by atoms with van der Waals surface area (Å²) < 4.78 is 26.5. The molecule has 6 heteroatoms. The molecule has 1 heterocycles. The molecule has 112 valence electrons. The first-order chi connectivity index (χ1) is 9.49. The number of piperazine rings is 1. The highest BCUT2D eigenvalue weighted by Crippen LogP contribution is 2.16. The van der Waals surface area contributed by atoms with Gasteiger partial charge in [0.1, 0.15) is 11.6 Å². The fraction of sp³-hybridized carbons (Fsp3) is 0.571. The Hall–Kier alpha value is -1.08. The highest BCUT2D eigenvalue weighted by atomic mass is 19.1. The van der Waals surface area contributed by atoms with Crippen molar-refractivity contribution in [2.45, 2.75) is 18.5 Å². The minimum absolute atomic E-state index is 0.0519. The van der Waals surface area contributed by atoms with Crippen LogP contribution < -0.4 is 11.3 Å². The Morgan fingerprint density at radius 1 is 1.25 bits per heavy atom. The molecule has 0 spiro atoms. The Morgan fingerprint density at radius 3 is 2.50 bits per heavy atom. The summed E-state index contributed by atoms with van der Waals surface area (Å²) in [7, 11) is 4.11. The average Bonchev–Trinajstić information content (AvgIpc) is 2.38. The lowest BCUT2D eigenvalue weighted by Crippen LogP contribution is -2.60. The Balaban J connectivity index is 2.11. The minimum Gasteiger partial charge on any atom is -0.303 e. The first-order valence-electron chi connectivity index (χ1n) is 6.79. The molecule has 0 radical (unpaired) electrons. The van der Waals surface area contributed by atoms with E-state index in [4.69, 9.17) is 5.84 Å². The first kappa shape index (κ1) is 15.3. The predicted octanol–water partition coefficient (Wildman–Crippen LogP) is 0.585. The monoisotopic (exact) mass is 284 g/mol. The van der Waals surface area contributed by atoms with Crippen molar-refractivity contribution in [3.63, 3.8) is 0 Å². The van der Waals surface area contributed by atoms with Crippen molar-refractivity contribution < 1.29 is 8.78 Å². The van der Waals surface area contributed by atoms with E-state index >= 15 is 0 Å². The van der Waals surface area contributed by atoms with Gasteiger partial charge in [-0.15, -0.1) is 0 Å². The first-order valence-corrected chi connectivity index (χ1v) is 6.79. The Morgan fingerprint density at radius 2 is 1.90 bits per heavy atom. The highest BCUT2D eigenvalue weighted by Gasteiger charge is 2.29. The maximum Gasteiger partial charge on any atom is 0.126 e. The van der Waals surface area contributed by atoms with Gasteiger partial charge in [-0.1, -0.05) is 0 Å². The van der Waals surface area contributed by atoms with Crippen molar-refractivity contribution in [3.8, 4) is 0 Å². The van der Waals surface area contributed by atoms with E-state index in [2.05, 4.69) is 22.3 Å². The second-order valence-corrected chi connectivity index (χ2v) is 5.57. The van der Waals surface area contributed by atoms with Gasteiger partial charge in [0.2, 0.25) is 0 Å². The SMILES string of the molecule is CN1CCN(C)C(C(Cc2cc(F)cc(F)c2)NN)C1. The largest absolute Gasteiger partial charge is 0.303 e. The zero-order valence-electron chi connectivity index (χ0n) is 11.9. The molecule has 0 aliphatic carbocycles. The second kappa shape index (κ2) is 6.58. The van der Waals surface area contributed by atoms with Crippen LogP contribution in [0.5, 0.6) is 0 Å². The maximum absolute atomic E-state index is 13.3. The third-order valence-electron chi connectivity index (χ3n) is 3.96. The molecule has 0 saturated carbocycles. The summed E-state index contributed by atoms with van der Waals surface area (Å²) in [5, 5.41) is 0. The van der Waals surface area contributed by atoms with E-state index in [9.17, 15) is 8.78 Å². The molecule has 4 nitrogen and oxygen atoms in total.